The lowest BCUT2D eigenvalue weighted by molar-refractivity contribution is 0.178. The van der Waals surface area contributed by atoms with Crippen LogP contribution < -0.4 is 10.6 Å². The van der Waals surface area contributed by atoms with E-state index in [0.29, 0.717) is 6.04 Å². The molecule has 2 fully saturated rings. The van der Waals surface area contributed by atoms with Gasteiger partial charge in [0, 0.05) is 32.7 Å². The molecule has 2 heterocycles. The van der Waals surface area contributed by atoms with Crippen LogP contribution in [0, 0.1) is 12.8 Å². The zero-order valence-corrected chi connectivity index (χ0v) is 18.1. The Bertz CT molecular complexity index is 604. The van der Waals surface area contributed by atoms with Crippen LogP contribution in [0.1, 0.15) is 43.7 Å². The molecule has 0 spiro atoms. The van der Waals surface area contributed by atoms with Gasteiger partial charge in [0.1, 0.15) is 0 Å². The van der Waals surface area contributed by atoms with Gasteiger partial charge < -0.3 is 10.6 Å². The number of rotatable bonds is 7. The molecule has 0 saturated carbocycles. The topological polar surface area (TPSA) is 42.9 Å². The molecule has 2 aliphatic heterocycles. The maximum absolute atomic E-state index is 4.43. The van der Waals surface area contributed by atoms with Gasteiger partial charge in [0.05, 0.1) is 0 Å². The van der Waals surface area contributed by atoms with Crippen molar-refractivity contribution in [2.75, 3.05) is 46.3 Å². The minimum absolute atomic E-state index is 0.661. The monoisotopic (exact) mass is 385 g/mol. The van der Waals surface area contributed by atoms with Gasteiger partial charge in [-0.3, -0.25) is 14.8 Å². The van der Waals surface area contributed by atoms with E-state index in [-0.39, 0.29) is 0 Å². The van der Waals surface area contributed by atoms with E-state index in [1.807, 2.05) is 7.05 Å². The van der Waals surface area contributed by atoms with Crippen LogP contribution in [0.5, 0.6) is 0 Å². The van der Waals surface area contributed by atoms with Gasteiger partial charge in [-0.15, -0.1) is 0 Å². The van der Waals surface area contributed by atoms with Crippen LogP contribution in [-0.4, -0.2) is 68.1 Å². The summed E-state index contributed by atoms with van der Waals surface area (Å²) in [4.78, 5) is 9.59. The molecule has 1 aromatic rings. The van der Waals surface area contributed by atoms with E-state index in [1.54, 1.807) is 0 Å². The second-order valence-electron chi connectivity index (χ2n) is 8.46. The van der Waals surface area contributed by atoms with Crippen molar-refractivity contribution >= 4 is 5.96 Å². The summed E-state index contributed by atoms with van der Waals surface area (Å²) in [5.41, 5.74) is 2.77. The molecule has 0 aromatic heterocycles. The van der Waals surface area contributed by atoms with Crippen LogP contribution in [0.25, 0.3) is 0 Å². The van der Waals surface area contributed by atoms with Crippen LogP contribution in [0.2, 0.25) is 0 Å². The Labute approximate surface area is 171 Å². The van der Waals surface area contributed by atoms with Crippen LogP contribution in [0.15, 0.2) is 29.3 Å². The van der Waals surface area contributed by atoms with Crippen molar-refractivity contribution in [1.29, 1.82) is 0 Å². The number of piperidine rings is 1. The highest BCUT2D eigenvalue weighted by molar-refractivity contribution is 5.79. The SMILES string of the molecule is CCN1CCCC1CNC(=NC)NCC1CCN(Cc2ccc(C)cc2)CC1. The van der Waals surface area contributed by atoms with Crippen LogP contribution >= 0.6 is 0 Å². The summed E-state index contributed by atoms with van der Waals surface area (Å²) in [7, 11) is 1.88. The van der Waals surface area contributed by atoms with Crippen molar-refractivity contribution in [3.63, 3.8) is 0 Å². The Morgan fingerprint density at radius 2 is 1.75 bits per heavy atom. The highest BCUT2D eigenvalue weighted by atomic mass is 15.2. The molecule has 2 N–H and O–H groups in total. The third kappa shape index (κ3) is 6.21. The highest BCUT2D eigenvalue weighted by Gasteiger charge is 2.23. The predicted molar refractivity (Wildman–Crippen MR) is 119 cm³/mol. The van der Waals surface area contributed by atoms with Crippen molar-refractivity contribution in [3.05, 3.63) is 35.4 Å². The summed E-state index contributed by atoms with van der Waals surface area (Å²) in [5, 5.41) is 7.12. The Morgan fingerprint density at radius 3 is 2.43 bits per heavy atom. The van der Waals surface area contributed by atoms with Gasteiger partial charge >= 0.3 is 0 Å². The molecule has 2 saturated heterocycles. The summed E-state index contributed by atoms with van der Waals surface area (Å²) in [6.07, 6.45) is 5.16. The van der Waals surface area contributed by atoms with Crippen molar-refractivity contribution < 1.29 is 0 Å². The fourth-order valence-corrected chi connectivity index (χ4v) is 4.52. The molecule has 5 heteroatoms. The number of nitrogens with zero attached hydrogens (tertiary/aromatic N) is 3. The minimum atomic E-state index is 0.661. The average Bonchev–Trinajstić information content (AvgIpc) is 3.18. The van der Waals surface area contributed by atoms with Crippen molar-refractivity contribution in [1.82, 2.24) is 20.4 Å². The average molecular weight is 386 g/mol. The van der Waals surface area contributed by atoms with E-state index in [2.05, 4.69) is 63.5 Å². The molecule has 0 bridgehead atoms. The first-order valence-corrected chi connectivity index (χ1v) is 11.1. The first kappa shape index (κ1) is 21.1. The number of aryl methyl sites for hydroxylation is 1. The largest absolute Gasteiger partial charge is 0.356 e. The molecule has 0 radical (unpaired) electrons. The fraction of sp³-hybridized carbons (Fsp3) is 0.696. The number of likely N-dealkylation sites (tertiary alicyclic amines) is 2. The lowest BCUT2D eigenvalue weighted by Crippen LogP contribution is -2.46. The zero-order chi connectivity index (χ0) is 19.8. The molecular formula is C23H39N5. The smallest absolute Gasteiger partial charge is 0.191 e. The van der Waals surface area contributed by atoms with Gasteiger partial charge in [-0.1, -0.05) is 36.8 Å². The fourth-order valence-electron chi connectivity index (χ4n) is 4.52. The Hall–Kier alpha value is -1.59. The van der Waals surface area contributed by atoms with Gasteiger partial charge in [-0.2, -0.15) is 0 Å². The molecule has 1 aromatic carbocycles. The lowest BCUT2D eigenvalue weighted by Gasteiger charge is -2.32. The summed E-state index contributed by atoms with van der Waals surface area (Å²) in [6, 6.07) is 9.63. The summed E-state index contributed by atoms with van der Waals surface area (Å²) < 4.78 is 0. The van der Waals surface area contributed by atoms with Crippen molar-refractivity contribution in [2.24, 2.45) is 10.9 Å². The number of benzene rings is 1. The van der Waals surface area contributed by atoms with Crippen molar-refractivity contribution in [2.45, 2.75) is 52.1 Å². The molecule has 0 aliphatic carbocycles. The third-order valence-corrected chi connectivity index (χ3v) is 6.43. The molecule has 0 amide bonds. The number of hydrogen-bond acceptors (Lipinski definition) is 3. The molecule has 5 nitrogen and oxygen atoms in total. The number of nitrogens with one attached hydrogen (secondary N) is 2. The van der Waals surface area contributed by atoms with Gasteiger partial charge in [0.2, 0.25) is 0 Å². The van der Waals surface area contributed by atoms with Crippen molar-refractivity contribution in [3.8, 4) is 0 Å². The highest BCUT2D eigenvalue weighted by Crippen LogP contribution is 2.19. The molecule has 3 rings (SSSR count). The van der Waals surface area contributed by atoms with Gasteiger partial charge in [0.15, 0.2) is 5.96 Å². The second-order valence-corrected chi connectivity index (χ2v) is 8.46. The Balaban J connectivity index is 1.34. The number of hydrogen-bond donors (Lipinski definition) is 2. The van der Waals surface area contributed by atoms with E-state index in [1.165, 1.54) is 56.4 Å². The predicted octanol–water partition coefficient (Wildman–Crippen LogP) is 2.86. The zero-order valence-electron chi connectivity index (χ0n) is 18.1. The van der Waals surface area contributed by atoms with Gasteiger partial charge in [0.25, 0.3) is 0 Å². The van der Waals surface area contributed by atoms with Crippen LogP contribution in [-0.2, 0) is 6.54 Å². The maximum atomic E-state index is 4.43. The van der Waals surface area contributed by atoms with E-state index < -0.39 is 0 Å². The first-order valence-electron chi connectivity index (χ1n) is 11.1. The molecule has 2 aliphatic rings. The number of aliphatic imine (C=N–C) groups is 1. The molecule has 1 atom stereocenters. The van der Waals surface area contributed by atoms with Gasteiger partial charge in [-0.25, -0.2) is 0 Å². The van der Waals surface area contributed by atoms with E-state index in [4.69, 9.17) is 0 Å². The maximum Gasteiger partial charge on any atom is 0.191 e. The Kier molecular flexibility index (Phi) is 8.16. The van der Waals surface area contributed by atoms with Crippen LogP contribution in [0.4, 0.5) is 0 Å². The summed E-state index contributed by atoms with van der Waals surface area (Å²) in [6.45, 7) is 12.3. The summed E-state index contributed by atoms with van der Waals surface area (Å²) >= 11 is 0. The molecular weight excluding hydrogens is 346 g/mol. The normalized spacial score (nSPS) is 22.5. The standard InChI is InChI=1S/C23H39N5/c1-4-28-13-5-6-22(28)17-26-23(24-3)25-16-20-11-14-27(15-12-20)18-21-9-7-19(2)8-10-21/h7-10,20,22H,4-6,11-18H2,1-3H3,(H2,24,25,26). The summed E-state index contributed by atoms with van der Waals surface area (Å²) in [5.74, 6) is 1.71. The molecule has 156 valence electrons. The molecule has 28 heavy (non-hydrogen) atoms. The minimum Gasteiger partial charge on any atom is -0.356 e. The van der Waals surface area contributed by atoms with E-state index >= 15 is 0 Å². The number of likely N-dealkylation sites (N-methyl/N-ethyl adjacent to an activating group) is 1. The van der Waals surface area contributed by atoms with E-state index in [9.17, 15) is 0 Å². The van der Waals surface area contributed by atoms with Crippen LogP contribution in [0.3, 0.4) is 0 Å². The van der Waals surface area contributed by atoms with E-state index in [0.717, 1.165) is 38.1 Å². The Morgan fingerprint density at radius 1 is 1.04 bits per heavy atom. The quantitative estimate of drug-likeness (QED) is 0.559. The first-order chi connectivity index (χ1) is 13.7. The third-order valence-electron chi connectivity index (χ3n) is 6.43. The van der Waals surface area contributed by atoms with Gasteiger partial charge in [-0.05, 0) is 70.3 Å². The number of guanidine groups is 1. The lowest BCUT2D eigenvalue weighted by atomic mass is 9.96. The molecule has 1 unspecified atom stereocenters. The second kappa shape index (κ2) is 10.8.